The molecular formula is C12H14F3NO. The van der Waals surface area contributed by atoms with Crippen molar-refractivity contribution in [2.75, 3.05) is 6.54 Å². The van der Waals surface area contributed by atoms with E-state index in [9.17, 15) is 18.0 Å². The lowest BCUT2D eigenvalue weighted by Gasteiger charge is -2.13. The number of carbonyl (C=O) groups is 1. The highest BCUT2D eigenvalue weighted by molar-refractivity contribution is 5.72. The number of carbonyl (C=O) groups excluding carboxylic acids is 1. The summed E-state index contributed by atoms with van der Waals surface area (Å²) in [5.74, 6) is -0.162. The van der Waals surface area contributed by atoms with E-state index < -0.39 is 11.7 Å². The largest absolute Gasteiger partial charge is 0.416 e. The summed E-state index contributed by atoms with van der Waals surface area (Å²) in [4.78, 5) is 10.7. The van der Waals surface area contributed by atoms with E-state index in [1.165, 1.54) is 19.1 Å². The van der Waals surface area contributed by atoms with Gasteiger partial charge in [-0.2, -0.15) is 13.2 Å². The topological polar surface area (TPSA) is 29.1 Å². The molecule has 0 bridgehead atoms. The molecule has 1 aromatic carbocycles. The Balaban J connectivity index is 2.70. The monoisotopic (exact) mass is 245 g/mol. The van der Waals surface area contributed by atoms with Crippen molar-refractivity contribution < 1.29 is 18.0 Å². The summed E-state index contributed by atoms with van der Waals surface area (Å²) in [6.07, 6.45) is -4.31. The third-order valence-electron chi connectivity index (χ3n) is 2.46. The Morgan fingerprint density at radius 1 is 1.29 bits per heavy atom. The van der Waals surface area contributed by atoms with Crippen molar-refractivity contribution in [1.29, 1.82) is 0 Å². The van der Waals surface area contributed by atoms with Crippen molar-refractivity contribution in [3.8, 4) is 0 Å². The number of rotatable bonds is 3. The van der Waals surface area contributed by atoms with Crippen LogP contribution in [0.4, 0.5) is 13.2 Å². The lowest BCUT2D eigenvalue weighted by Crippen LogP contribution is -2.24. The number of hydrogen-bond donors (Lipinski definition) is 1. The number of nitrogens with one attached hydrogen (secondary N) is 1. The van der Waals surface area contributed by atoms with Gasteiger partial charge in [-0.25, -0.2) is 0 Å². The van der Waals surface area contributed by atoms with Crippen molar-refractivity contribution >= 4 is 5.91 Å². The molecular weight excluding hydrogens is 231 g/mol. The van der Waals surface area contributed by atoms with Gasteiger partial charge in [-0.1, -0.05) is 19.1 Å². The summed E-state index contributed by atoms with van der Waals surface area (Å²) in [6.45, 7) is 3.67. The Kier molecular flexibility index (Phi) is 4.15. The van der Waals surface area contributed by atoms with E-state index in [1.54, 1.807) is 0 Å². The van der Waals surface area contributed by atoms with Crippen LogP contribution in [0.2, 0.25) is 0 Å². The number of halogens is 3. The SMILES string of the molecule is CC(=O)NCC(C)c1ccc(C(F)(F)F)cc1. The van der Waals surface area contributed by atoms with Crippen LogP contribution in [-0.4, -0.2) is 12.5 Å². The Labute approximate surface area is 97.8 Å². The van der Waals surface area contributed by atoms with Crippen molar-refractivity contribution in [1.82, 2.24) is 5.32 Å². The van der Waals surface area contributed by atoms with Crippen LogP contribution in [0.25, 0.3) is 0 Å². The highest BCUT2D eigenvalue weighted by Gasteiger charge is 2.30. The predicted octanol–water partition coefficient (Wildman–Crippen LogP) is 2.95. The molecule has 0 aliphatic rings. The fraction of sp³-hybridized carbons (Fsp3) is 0.417. The lowest BCUT2D eigenvalue weighted by molar-refractivity contribution is -0.137. The second-order valence-electron chi connectivity index (χ2n) is 3.96. The molecule has 0 saturated carbocycles. The standard InChI is InChI=1S/C12H14F3NO/c1-8(7-16-9(2)17)10-3-5-11(6-4-10)12(13,14)15/h3-6,8H,7H2,1-2H3,(H,16,17). The third kappa shape index (κ3) is 4.09. The first kappa shape index (κ1) is 13.5. The molecule has 0 aromatic heterocycles. The summed E-state index contributed by atoms with van der Waals surface area (Å²) in [6, 6.07) is 4.99. The van der Waals surface area contributed by atoms with Gasteiger partial charge in [0.15, 0.2) is 0 Å². The normalized spacial score (nSPS) is 13.2. The summed E-state index contributed by atoms with van der Waals surface area (Å²) in [5, 5.41) is 2.63. The Morgan fingerprint density at radius 3 is 2.24 bits per heavy atom. The summed E-state index contributed by atoms with van der Waals surface area (Å²) >= 11 is 0. The molecule has 1 aromatic rings. The van der Waals surface area contributed by atoms with Crippen LogP contribution in [-0.2, 0) is 11.0 Å². The summed E-state index contributed by atoms with van der Waals surface area (Å²) < 4.78 is 37.0. The first-order valence-electron chi connectivity index (χ1n) is 5.22. The zero-order chi connectivity index (χ0) is 13.1. The molecule has 0 saturated heterocycles. The smallest absolute Gasteiger partial charge is 0.356 e. The van der Waals surface area contributed by atoms with Crippen molar-refractivity contribution in [3.63, 3.8) is 0 Å². The molecule has 17 heavy (non-hydrogen) atoms. The van der Waals surface area contributed by atoms with Gasteiger partial charge < -0.3 is 5.32 Å². The lowest BCUT2D eigenvalue weighted by atomic mass is 9.99. The van der Waals surface area contributed by atoms with Gasteiger partial charge in [-0.05, 0) is 23.6 Å². The fourth-order valence-electron chi connectivity index (χ4n) is 1.42. The molecule has 5 heteroatoms. The van der Waals surface area contributed by atoms with Gasteiger partial charge in [0.05, 0.1) is 5.56 Å². The van der Waals surface area contributed by atoms with Crippen LogP contribution in [0, 0.1) is 0 Å². The van der Waals surface area contributed by atoms with Gasteiger partial charge >= 0.3 is 6.18 Å². The molecule has 0 spiro atoms. The minimum absolute atomic E-state index is 0.0128. The number of benzene rings is 1. The van der Waals surface area contributed by atoms with E-state index in [4.69, 9.17) is 0 Å². The van der Waals surface area contributed by atoms with Crippen molar-refractivity contribution in [3.05, 3.63) is 35.4 Å². The van der Waals surface area contributed by atoms with E-state index >= 15 is 0 Å². The Hall–Kier alpha value is -1.52. The third-order valence-corrected chi connectivity index (χ3v) is 2.46. The van der Waals surface area contributed by atoms with E-state index in [1.807, 2.05) is 6.92 Å². The number of amides is 1. The van der Waals surface area contributed by atoms with E-state index in [0.717, 1.165) is 17.7 Å². The molecule has 0 radical (unpaired) electrons. The van der Waals surface area contributed by atoms with Crippen LogP contribution in [0.3, 0.4) is 0 Å². The number of alkyl halides is 3. The van der Waals surface area contributed by atoms with Gasteiger partial charge in [0.25, 0.3) is 0 Å². The van der Waals surface area contributed by atoms with E-state index in [-0.39, 0.29) is 11.8 Å². The van der Waals surface area contributed by atoms with Crippen molar-refractivity contribution in [2.45, 2.75) is 25.9 Å². The van der Waals surface area contributed by atoms with Crippen LogP contribution < -0.4 is 5.32 Å². The highest BCUT2D eigenvalue weighted by Crippen LogP contribution is 2.30. The first-order chi connectivity index (χ1) is 7.80. The maximum Gasteiger partial charge on any atom is 0.416 e. The van der Waals surface area contributed by atoms with Crippen LogP contribution in [0.15, 0.2) is 24.3 Å². The molecule has 0 fully saturated rings. The maximum atomic E-state index is 12.3. The zero-order valence-electron chi connectivity index (χ0n) is 9.64. The molecule has 1 atom stereocenters. The Morgan fingerprint density at radius 2 is 1.82 bits per heavy atom. The molecule has 1 N–H and O–H groups in total. The molecule has 94 valence electrons. The molecule has 0 aliphatic heterocycles. The Bertz CT molecular complexity index is 384. The van der Waals surface area contributed by atoms with Gasteiger partial charge in [-0.3, -0.25) is 4.79 Å². The predicted molar refractivity (Wildman–Crippen MR) is 58.5 cm³/mol. The van der Waals surface area contributed by atoms with E-state index in [2.05, 4.69) is 5.32 Å². The molecule has 1 rings (SSSR count). The molecule has 2 nitrogen and oxygen atoms in total. The molecule has 1 amide bonds. The fourth-order valence-corrected chi connectivity index (χ4v) is 1.42. The van der Waals surface area contributed by atoms with Crippen LogP contribution >= 0.6 is 0 Å². The van der Waals surface area contributed by atoms with Gasteiger partial charge in [0.1, 0.15) is 0 Å². The first-order valence-corrected chi connectivity index (χ1v) is 5.22. The van der Waals surface area contributed by atoms with Crippen molar-refractivity contribution in [2.24, 2.45) is 0 Å². The average molecular weight is 245 g/mol. The van der Waals surface area contributed by atoms with E-state index in [0.29, 0.717) is 6.54 Å². The molecule has 0 aliphatic carbocycles. The second kappa shape index (κ2) is 5.21. The van der Waals surface area contributed by atoms with Gasteiger partial charge in [0, 0.05) is 13.5 Å². The minimum Gasteiger partial charge on any atom is -0.356 e. The van der Waals surface area contributed by atoms with Crippen LogP contribution in [0.1, 0.15) is 30.9 Å². The maximum absolute atomic E-state index is 12.3. The summed E-state index contributed by atoms with van der Waals surface area (Å²) in [7, 11) is 0. The highest BCUT2D eigenvalue weighted by atomic mass is 19.4. The molecule has 0 heterocycles. The van der Waals surface area contributed by atoms with Gasteiger partial charge in [-0.15, -0.1) is 0 Å². The second-order valence-corrected chi connectivity index (χ2v) is 3.96. The summed E-state index contributed by atoms with van der Waals surface area (Å²) in [5.41, 5.74) is 0.111. The average Bonchev–Trinajstić information content (AvgIpc) is 2.25. The quantitative estimate of drug-likeness (QED) is 0.871. The molecule has 1 unspecified atom stereocenters. The zero-order valence-corrected chi connectivity index (χ0v) is 9.64. The van der Waals surface area contributed by atoms with Gasteiger partial charge in [0.2, 0.25) is 5.91 Å². The number of hydrogen-bond acceptors (Lipinski definition) is 1. The minimum atomic E-state index is -4.31. The van der Waals surface area contributed by atoms with Crippen LogP contribution in [0.5, 0.6) is 0 Å².